The van der Waals surface area contributed by atoms with Crippen LogP contribution in [-0.2, 0) is 19.1 Å². The van der Waals surface area contributed by atoms with E-state index >= 15 is 0 Å². The number of aliphatic hydroxyl groups is 6. The first-order chi connectivity index (χ1) is 20.9. The topological polar surface area (TPSA) is 243 Å². The largest absolute Gasteiger partial charge is 0.481 e. The minimum absolute atomic E-state index is 0.141. The van der Waals surface area contributed by atoms with E-state index in [1.807, 2.05) is 6.92 Å². The number of carbonyl (C=O) groups is 3. The van der Waals surface area contributed by atoms with Crippen molar-refractivity contribution >= 4 is 17.9 Å². The summed E-state index contributed by atoms with van der Waals surface area (Å²) in [5.74, 6) is -2.03. The first kappa shape index (κ1) is 49.0. The molecule has 0 aliphatic heterocycles. The third-order valence-electron chi connectivity index (χ3n) is 6.56. The number of carboxylic acids is 3. The van der Waals surface area contributed by atoms with Gasteiger partial charge >= 0.3 is 17.9 Å². The molecule has 0 atom stereocenters. The molecule has 0 rings (SSSR count). The van der Waals surface area contributed by atoms with Gasteiger partial charge in [-0.05, 0) is 19.3 Å². The summed E-state index contributed by atoms with van der Waals surface area (Å²) in [6, 6.07) is 0. The molecule has 0 heterocycles. The SMILES string of the molecule is CCCCC(=O)O.CCCCCCC(=O)O.CCCCCCCCC(=O)O.OCC(CO)(CO)COCC(CO)(CO)CO. The van der Waals surface area contributed by atoms with Gasteiger partial charge in [-0.25, -0.2) is 0 Å². The van der Waals surface area contributed by atoms with Gasteiger partial charge in [-0.3, -0.25) is 14.4 Å². The van der Waals surface area contributed by atoms with Crippen LogP contribution in [0.15, 0.2) is 0 Å². The first-order valence-corrected chi connectivity index (χ1v) is 15.8. The molecular formula is C31H64O13. The fourth-order valence-electron chi connectivity index (χ4n) is 3.15. The molecule has 0 radical (unpaired) electrons. The third-order valence-corrected chi connectivity index (χ3v) is 6.56. The number of unbranched alkanes of at least 4 members (excludes halogenated alkanes) is 9. The molecule has 0 spiro atoms. The predicted octanol–water partition coefficient (Wildman–Crippen LogP) is 3.05. The van der Waals surface area contributed by atoms with Crippen LogP contribution in [0.25, 0.3) is 0 Å². The number of hydrogen-bond acceptors (Lipinski definition) is 10. The number of hydrogen-bond donors (Lipinski definition) is 9. The summed E-state index contributed by atoms with van der Waals surface area (Å²) in [6.07, 6.45) is 13.9. The van der Waals surface area contributed by atoms with Crippen molar-refractivity contribution in [1.82, 2.24) is 0 Å². The molecular weight excluding hydrogens is 580 g/mol. The predicted molar refractivity (Wildman–Crippen MR) is 167 cm³/mol. The van der Waals surface area contributed by atoms with Crippen LogP contribution in [0.4, 0.5) is 0 Å². The van der Waals surface area contributed by atoms with Crippen LogP contribution in [0.2, 0.25) is 0 Å². The second kappa shape index (κ2) is 35.6. The molecule has 13 heteroatoms. The number of rotatable bonds is 25. The van der Waals surface area contributed by atoms with E-state index in [9.17, 15) is 14.4 Å². The molecule has 0 bridgehead atoms. The van der Waals surface area contributed by atoms with Gasteiger partial charge < -0.3 is 50.7 Å². The molecule has 0 amide bonds. The first-order valence-electron chi connectivity index (χ1n) is 15.8. The molecule has 13 nitrogen and oxygen atoms in total. The van der Waals surface area contributed by atoms with Gasteiger partial charge in [0.25, 0.3) is 0 Å². The Hall–Kier alpha value is -1.87. The lowest BCUT2D eigenvalue weighted by Crippen LogP contribution is -2.43. The van der Waals surface area contributed by atoms with Gasteiger partial charge in [0, 0.05) is 19.3 Å². The molecule has 0 unspecified atom stereocenters. The Labute approximate surface area is 263 Å². The van der Waals surface area contributed by atoms with Crippen LogP contribution in [0.5, 0.6) is 0 Å². The molecule has 0 aromatic rings. The number of aliphatic carboxylic acids is 3. The smallest absolute Gasteiger partial charge is 0.303 e. The quantitative estimate of drug-likeness (QED) is 0.0650. The Bertz CT molecular complexity index is 600. The second-order valence-electron chi connectivity index (χ2n) is 11.1. The van der Waals surface area contributed by atoms with Crippen LogP contribution in [-0.4, -0.2) is 117 Å². The molecule has 9 N–H and O–H groups in total. The third kappa shape index (κ3) is 34.6. The minimum Gasteiger partial charge on any atom is -0.481 e. The standard InChI is InChI=1S/C10H22O7.C9H18O2.C7H14O2.C5H10O2/c11-1-9(2-12,3-13)7-17-8-10(4-14,5-15)6-16;1-2-3-4-5-6-7-8-9(10)11;1-2-3-4-5-6-7(8)9;1-2-3-4-5(6)7/h11-16H,1-8H2;2-8H2,1H3,(H,10,11);2-6H2,1H3,(H,8,9);2-4H2,1H3,(H,6,7). The lowest BCUT2D eigenvalue weighted by molar-refractivity contribution is -0.138. The van der Waals surface area contributed by atoms with Gasteiger partial charge in [0.15, 0.2) is 0 Å². The molecule has 0 aromatic heterocycles. The van der Waals surface area contributed by atoms with Gasteiger partial charge in [-0.15, -0.1) is 0 Å². The van der Waals surface area contributed by atoms with Crippen molar-refractivity contribution in [3.05, 3.63) is 0 Å². The van der Waals surface area contributed by atoms with E-state index in [1.165, 1.54) is 32.1 Å². The van der Waals surface area contributed by atoms with Crippen molar-refractivity contribution in [2.75, 3.05) is 52.9 Å². The van der Waals surface area contributed by atoms with Crippen molar-refractivity contribution in [3.8, 4) is 0 Å². The van der Waals surface area contributed by atoms with E-state index < -0.39 is 68.4 Å². The fraction of sp³-hybridized carbons (Fsp3) is 0.903. The van der Waals surface area contributed by atoms with Crippen molar-refractivity contribution < 1.29 is 65.1 Å². The van der Waals surface area contributed by atoms with Crippen LogP contribution < -0.4 is 0 Å². The van der Waals surface area contributed by atoms with Gasteiger partial charge in [0.05, 0.1) is 63.7 Å². The minimum atomic E-state index is -1.16. The summed E-state index contributed by atoms with van der Waals surface area (Å²) >= 11 is 0. The van der Waals surface area contributed by atoms with Gasteiger partial charge in [-0.2, -0.15) is 0 Å². The fourth-order valence-corrected chi connectivity index (χ4v) is 3.15. The van der Waals surface area contributed by atoms with Crippen LogP contribution in [0.1, 0.15) is 117 Å². The van der Waals surface area contributed by atoms with Crippen molar-refractivity contribution in [2.24, 2.45) is 10.8 Å². The Balaban J connectivity index is -0.000000257. The Morgan fingerprint density at radius 2 is 0.682 bits per heavy atom. The summed E-state index contributed by atoms with van der Waals surface area (Å²) in [5.41, 5.74) is -2.32. The zero-order valence-electron chi connectivity index (χ0n) is 27.4. The average Bonchev–Trinajstić information content (AvgIpc) is 3.01. The normalized spacial score (nSPS) is 10.8. The number of ether oxygens (including phenoxy) is 1. The highest BCUT2D eigenvalue weighted by atomic mass is 16.5. The molecule has 0 aliphatic rings. The maximum absolute atomic E-state index is 10.1. The van der Waals surface area contributed by atoms with Gasteiger partial charge in [0.1, 0.15) is 0 Å². The van der Waals surface area contributed by atoms with E-state index in [1.54, 1.807) is 0 Å². The van der Waals surface area contributed by atoms with E-state index in [4.69, 9.17) is 50.7 Å². The number of carboxylic acid groups (broad SMARTS) is 3. The summed E-state index contributed by atoms with van der Waals surface area (Å²) in [6.45, 7) is 3.26. The molecule has 266 valence electrons. The molecule has 44 heavy (non-hydrogen) atoms. The van der Waals surface area contributed by atoms with Crippen LogP contribution >= 0.6 is 0 Å². The lowest BCUT2D eigenvalue weighted by atomic mass is 9.91. The molecule has 0 fully saturated rings. The summed E-state index contributed by atoms with van der Waals surface area (Å²) in [7, 11) is 0. The van der Waals surface area contributed by atoms with Gasteiger partial charge in [0.2, 0.25) is 0 Å². The van der Waals surface area contributed by atoms with Gasteiger partial charge in [-0.1, -0.05) is 78.6 Å². The second-order valence-corrected chi connectivity index (χ2v) is 11.1. The zero-order valence-corrected chi connectivity index (χ0v) is 27.4. The van der Waals surface area contributed by atoms with Crippen LogP contribution in [0.3, 0.4) is 0 Å². The Morgan fingerprint density at radius 3 is 0.932 bits per heavy atom. The molecule has 0 aromatic carbocycles. The maximum Gasteiger partial charge on any atom is 0.303 e. The molecule has 0 aliphatic carbocycles. The van der Waals surface area contributed by atoms with Crippen molar-refractivity contribution in [1.29, 1.82) is 0 Å². The molecule has 0 saturated heterocycles. The van der Waals surface area contributed by atoms with Crippen molar-refractivity contribution in [3.63, 3.8) is 0 Å². The van der Waals surface area contributed by atoms with E-state index in [-0.39, 0.29) is 13.2 Å². The van der Waals surface area contributed by atoms with E-state index in [2.05, 4.69) is 13.8 Å². The monoisotopic (exact) mass is 644 g/mol. The highest BCUT2D eigenvalue weighted by Crippen LogP contribution is 2.19. The zero-order chi connectivity index (χ0) is 34.7. The lowest BCUT2D eigenvalue weighted by Gasteiger charge is -2.31. The summed E-state index contributed by atoms with van der Waals surface area (Å²) < 4.78 is 5.15. The molecule has 0 saturated carbocycles. The van der Waals surface area contributed by atoms with E-state index in [0.717, 1.165) is 44.9 Å². The summed E-state index contributed by atoms with van der Waals surface area (Å²) in [5, 5.41) is 78.7. The summed E-state index contributed by atoms with van der Waals surface area (Å²) in [4.78, 5) is 29.8. The maximum atomic E-state index is 10.1. The average molecular weight is 645 g/mol. The Morgan fingerprint density at radius 1 is 0.432 bits per heavy atom. The number of aliphatic hydroxyl groups excluding tert-OH is 6. The Kier molecular flexibility index (Phi) is 39.7. The highest BCUT2D eigenvalue weighted by molar-refractivity contribution is 5.67. The van der Waals surface area contributed by atoms with Crippen molar-refractivity contribution in [2.45, 2.75) is 117 Å². The highest BCUT2D eigenvalue weighted by Gasteiger charge is 2.32. The van der Waals surface area contributed by atoms with E-state index in [0.29, 0.717) is 19.3 Å². The van der Waals surface area contributed by atoms with Crippen LogP contribution in [0, 0.1) is 10.8 Å².